The Kier molecular flexibility index (Phi) is 8.69. The Morgan fingerprint density at radius 3 is 2.39 bits per heavy atom. The molecular formula is C24H27N3O10S. The van der Waals surface area contributed by atoms with Crippen LogP contribution in [0.1, 0.15) is 5.56 Å². The van der Waals surface area contributed by atoms with Gasteiger partial charge < -0.3 is 39.5 Å². The van der Waals surface area contributed by atoms with Crippen LogP contribution in [0, 0.1) is 0 Å². The molecule has 3 heterocycles. The van der Waals surface area contributed by atoms with Gasteiger partial charge in [-0.2, -0.15) is 0 Å². The molecule has 2 aliphatic heterocycles. The Hall–Kier alpha value is -3.43. The molecule has 13 nitrogen and oxygen atoms in total. The molecule has 1 aromatic heterocycles. The van der Waals surface area contributed by atoms with Crippen LogP contribution < -0.4 is 19.7 Å². The van der Waals surface area contributed by atoms with E-state index in [1.54, 1.807) is 18.2 Å². The summed E-state index contributed by atoms with van der Waals surface area (Å²) < 4.78 is 16.3. The molecule has 38 heavy (non-hydrogen) atoms. The van der Waals surface area contributed by atoms with Crippen LogP contribution in [0.2, 0.25) is 0 Å². The number of carbonyl (C=O) groups excluding carboxylic acids is 2. The molecule has 2 saturated heterocycles. The highest BCUT2D eigenvalue weighted by molar-refractivity contribution is 8.15. The van der Waals surface area contributed by atoms with Crippen LogP contribution in [0.4, 0.5) is 10.6 Å². The van der Waals surface area contributed by atoms with Gasteiger partial charge in [0.05, 0.1) is 18.0 Å². The third-order valence-electron chi connectivity index (χ3n) is 5.98. The first-order valence-corrected chi connectivity index (χ1v) is 12.5. The van der Waals surface area contributed by atoms with Gasteiger partial charge in [-0.3, -0.25) is 14.9 Å². The van der Waals surface area contributed by atoms with E-state index >= 15 is 0 Å². The number of aliphatic hydroxyl groups is 3. The van der Waals surface area contributed by atoms with Crippen molar-refractivity contribution < 1.29 is 49.0 Å². The number of carbonyl (C=O) groups is 3. The number of rotatable bonds is 10. The number of benzene rings is 1. The standard InChI is InChI=1S/C24H27N3O10S/c1-27(8-9-35-13-4-2-12(3-5-13)10-15-21(31)26-24(34)38-15)16-7-6-14(11-25-16)36-23-19(30)17(28)18(29)20(37-23)22(32)33/h2-7,11,15,17-20,23,28-30H,8-10H2,1H3,(H,32,33)(H,26,31,34)/t15-,17+,18+,19-,20-,23+/m0/s1. The summed E-state index contributed by atoms with van der Waals surface area (Å²) in [5, 5.41) is 40.4. The van der Waals surface area contributed by atoms with E-state index < -0.39 is 41.9 Å². The molecule has 0 radical (unpaired) electrons. The lowest BCUT2D eigenvalue weighted by Crippen LogP contribution is -2.61. The summed E-state index contributed by atoms with van der Waals surface area (Å²) in [6, 6.07) is 10.5. The number of ether oxygens (including phenoxy) is 3. The SMILES string of the molecule is CN(CCOc1ccc(C[C@@H]2SC(=O)NC2=O)cc1)c1ccc(O[C@@H]2O[C@H](C(=O)O)[C@H](O)[C@@H](O)[C@@H]2O)cn1. The van der Waals surface area contributed by atoms with Gasteiger partial charge in [0.1, 0.15) is 42.2 Å². The van der Waals surface area contributed by atoms with Gasteiger partial charge in [0.15, 0.2) is 6.10 Å². The van der Waals surface area contributed by atoms with E-state index in [0.717, 1.165) is 17.3 Å². The normalized spacial score (nSPS) is 27.1. The Bertz CT molecular complexity index is 1150. The molecule has 2 amide bonds. The molecule has 0 unspecified atom stereocenters. The summed E-state index contributed by atoms with van der Waals surface area (Å²) >= 11 is 0.990. The number of nitrogens with one attached hydrogen (secondary N) is 1. The van der Waals surface area contributed by atoms with E-state index in [1.165, 1.54) is 12.3 Å². The van der Waals surface area contributed by atoms with Crippen molar-refractivity contribution in [2.24, 2.45) is 0 Å². The van der Waals surface area contributed by atoms with Crippen LogP contribution in [0.25, 0.3) is 0 Å². The fourth-order valence-corrected chi connectivity index (χ4v) is 4.69. The third kappa shape index (κ3) is 6.52. The minimum atomic E-state index is -1.80. The fourth-order valence-electron chi connectivity index (χ4n) is 3.83. The number of imide groups is 1. The molecule has 2 aromatic rings. The second-order valence-corrected chi connectivity index (χ2v) is 9.88. The third-order valence-corrected chi connectivity index (χ3v) is 6.97. The molecule has 2 aliphatic rings. The molecular weight excluding hydrogens is 522 g/mol. The summed E-state index contributed by atoms with van der Waals surface area (Å²) in [4.78, 5) is 40.3. The molecule has 0 aliphatic carbocycles. The number of anilines is 1. The average molecular weight is 550 g/mol. The monoisotopic (exact) mass is 549 g/mol. The summed E-state index contributed by atoms with van der Waals surface area (Å²) in [5.41, 5.74) is 0.915. The van der Waals surface area contributed by atoms with Crippen molar-refractivity contribution in [3.05, 3.63) is 48.2 Å². The molecule has 204 valence electrons. The highest BCUT2D eigenvalue weighted by Gasteiger charge is 2.48. The molecule has 4 rings (SSSR count). The number of aromatic nitrogens is 1. The van der Waals surface area contributed by atoms with Crippen LogP contribution >= 0.6 is 11.8 Å². The number of pyridine rings is 1. The van der Waals surface area contributed by atoms with Gasteiger partial charge in [-0.1, -0.05) is 23.9 Å². The maximum atomic E-state index is 11.7. The summed E-state index contributed by atoms with van der Waals surface area (Å²) in [7, 11) is 1.81. The largest absolute Gasteiger partial charge is 0.492 e. The second-order valence-electron chi connectivity index (χ2n) is 8.71. The molecule has 2 fully saturated rings. The van der Waals surface area contributed by atoms with Gasteiger partial charge >= 0.3 is 5.97 Å². The predicted molar refractivity (Wildman–Crippen MR) is 133 cm³/mol. The summed E-state index contributed by atoms with van der Waals surface area (Å²) in [6.45, 7) is 0.842. The first-order valence-electron chi connectivity index (χ1n) is 11.6. The minimum absolute atomic E-state index is 0.160. The van der Waals surface area contributed by atoms with Crippen molar-refractivity contribution in [3.63, 3.8) is 0 Å². The molecule has 6 atom stereocenters. The van der Waals surface area contributed by atoms with Crippen molar-refractivity contribution in [2.75, 3.05) is 25.1 Å². The number of thioether (sulfide) groups is 1. The van der Waals surface area contributed by atoms with Gasteiger partial charge in [0.25, 0.3) is 5.24 Å². The van der Waals surface area contributed by atoms with E-state index in [-0.39, 0.29) is 16.9 Å². The first kappa shape index (κ1) is 27.6. The van der Waals surface area contributed by atoms with Crippen molar-refractivity contribution >= 4 is 34.7 Å². The van der Waals surface area contributed by atoms with Crippen molar-refractivity contribution in [2.45, 2.75) is 42.4 Å². The lowest BCUT2D eigenvalue weighted by molar-refractivity contribution is -0.271. The Morgan fingerprint density at radius 1 is 1.08 bits per heavy atom. The van der Waals surface area contributed by atoms with Crippen molar-refractivity contribution in [1.29, 1.82) is 0 Å². The number of likely N-dealkylation sites (N-methyl/N-ethyl adjacent to an activating group) is 1. The van der Waals surface area contributed by atoms with E-state index in [2.05, 4.69) is 10.3 Å². The predicted octanol–water partition coefficient (Wildman–Crippen LogP) is -0.238. The first-order chi connectivity index (χ1) is 18.1. The lowest BCUT2D eigenvalue weighted by atomic mass is 9.99. The number of aliphatic carboxylic acids is 1. The van der Waals surface area contributed by atoms with E-state index in [1.807, 2.05) is 24.1 Å². The van der Waals surface area contributed by atoms with Crippen molar-refractivity contribution in [3.8, 4) is 11.5 Å². The molecule has 0 spiro atoms. The Labute approximate surface area is 221 Å². The number of carboxylic acid groups (broad SMARTS) is 1. The zero-order valence-corrected chi connectivity index (χ0v) is 21.0. The second kappa shape index (κ2) is 12.0. The van der Waals surface area contributed by atoms with Crippen molar-refractivity contribution in [1.82, 2.24) is 10.3 Å². The Balaban J connectivity index is 1.24. The van der Waals surface area contributed by atoms with Gasteiger partial charge in [-0.25, -0.2) is 9.78 Å². The number of aliphatic hydroxyl groups excluding tert-OH is 3. The minimum Gasteiger partial charge on any atom is -0.492 e. The van der Waals surface area contributed by atoms with Crippen LogP contribution in [-0.2, 0) is 20.7 Å². The van der Waals surface area contributed by atoms with E-state index in [4.69, 9.17) is 19.3 Å². The van der Waals surface area contributed by atoms with Crippen LogP contribution in [0.3, 0.4) is 0 Å². The zero-order chi connectivity index (χ0) is 27.4. The molecule has 0 bridgehead atoms. The highest BCUT2D eigenvalue weighted by Crippen LogP contribution is 2.26. The molecule has 14 heteroatoms. The zero-order valence-electron chi connectivity index (χ0n) is 20.2. The smallest absolute Gasteiger partial charge is 0.335 e. The molecule has 5 N–H and O–H groups in total. The quantitative estimate of drug-likeness (QED) is 0.261. The topological polar surface area (TPSA) is 188 Å². The highest BCUT2D eigenvalue weighted by atomic mass is 32.2. The van der Waals surface area contributed by atoms with Crippen LogP contribution in [-0.4, -0.2) is 98.7 Å². The summed E-state index contributed by atoms with van der Waals surface area (Å²) in [6.07, 6.45) is -6.70. The number of nitrogens with zero attached hydrogens (tertiary/aromatic N) is 2. The van der Waals surface area contributed by atoms with Crippen LogP contribution in [0.5, 0.6) is 11.5 Å². The number of hydrogen-bond acceptors (Lipinski definition) is 12. The molecule has 0 saturated carbocycles. The fraction of sp³-hybridized carbons (Fsp3) is 0.417. The summed E-state index contributed by atoms with van der Waals surface area (Å²) in [5.74, 6) is -0.381. The average Bonchev–Trinajstić information content (AvgIpc) is 3.21. The van der Waals surface area contributed by atoms with E-state index in [9.17, 15) is 29.7 Å². The van der Waals surface area contributed by atoms with Gasteiger partial charge in [-0.05, 0) is 36.2 Å². The van der Waals surface area contributed by atoms with Gasteiger partial charge in [0, 0.05) is 7.05 Å². The maximum Gasteiger partial charge on any atom is 0.335 e. The molecule has 1 aromatic carbocycles. The number of hydrogen-bond donors (Lipinski definition) is 5. The Morgan fingerprint density at radius 2 is 1.79 bits per heavy atom. The van der Waals surface area contributed by atoms with Gasteiger partial charge in [-0.15, -0.1) is 0 Å². The van der Waals surface area contributed by atoms with Crippen LogP contribution in [0.15, 0.2) is 42.6 Å². The lowest BCUT2D eigenvalue weighted by Gasteiger charge is -2.38. The maximum absolute atomic E-state index is 11.7. The number of carboxylic acids is 1. The number of amides is 2. The van der Waals surface area contributed by atoms with Gasteiger partial charge in [0.2, 0.25) is 12.2 Å². The van der Waals surface area contributed by atoms with E-state index in [0.29, 0.717) is 31.1 Å².